The minimum atomic E-state index is -0.940. The molecule has 0 rings (SSSR count). The highest BCUT2D eigenvalue weighted by Gasteiger charge is 2.15. The van der Waals surface area contributed by atoms with Crippen molar-refractivity contribution in [3.8, 4) is 0 Å². The van der Waals surface area contributed by atoms with Gasteiger partial charge in [-0.05, 0) is 12.8 Å². The van der Waals surface area contributed by atoms with Gasteiger partial charge < -0.3 is 5.11 Å². The van der Waals surface area contributed by atoms with Crippen LogP contribution in [0.4, 0.5) is 0 Å². The van der Waals surface area contributed by atoms with Gasteiger partial charge in [-0.3, -0.25) is 0 Å². The Morgan fingerprint density at radius 1 is 0.933 bits per heavy atom. The van der Waals surface area contributed by atoms with E-state index in [9.17, 15) is 5.11 Å². The molecule has 1 N–H and O–H groups in total. The van der Waals surface area contributed by atoms with Crippen molar-refractivity contribution in [2.24, 2.45) is 0 Å². The summed E-state index contributed by atoms with van der Waals surface area (Å²) in [6, 6.07) is 1.27. The lowest BCUT2D eigenvalue weighted by atomic mass is 10.1. The van der Waals surface area contributed by atoms with E-state index in [1.54, 1.807) is 0 Å². The minimum absolute atomic E-state index is 0.0293. The molecule has 0 radical (unpaired) electrons. The highest BCUT2D eigenvalue weighted by atomic mass is 28.3. The summed E-state index contributed by atoms with van der Waals surface area (Å²) in [6.07, 6.45) is 8.54. The van der Waals surface area contributed by atoms with E-state index in [0.717, 1.165) is 12.8 Å². The van der Waals surface area contributed by atoms with Gasteiger partial charge in [-0.1, -0.05) is 64.7 Å². The van der Waals surface area contributed by atoms with Gasteiger partial charge in [-0.15, -0.1) is 0 Å². The Hall–Kier alpha value is 0.177. The molecule has 1 nitrogen and oxygen atoms in total. The van der Waals surface area contributed by atoms with Crippen molar-refractivity contribution in [3.05, 3.63) is 0 Å². The van der Waals surface area contributed by atoms with Gasteiger partial charge >= 0.3 is 0 Å². The third kappa shape index (κ3) is 12.1. The lowest BCUT2D eigenvalue weighted by Crippen LogP contribution is -2.22. The van der Waals surface area contributed by atoms with E-state index in [1.807, 2.05) is 0 Å². The Labute approximate surface area is 97.3 Å². The summed E-state index contributed by atoms with van der Waals surface area (Å²) in [4.78, 5) is 0. The predicted octanol–water partition coefficient (Wildman–Crippen LogP) is 4.44. The molecule has 0 fully saturated rings. The third-order valence-corrected chi connectivity index (χ3v) is 4.66. The Balaban J connectivity index is 3.30. The normalized spacial score (nSPS) is 14.2. The van der Waals surface area contributed by atoms with Crippen molar-refractivity contribution < 1.29 is 5.11 Å². The number of rotatable bonds is 9. The molecule has 0 saturated carbocycles. The molecule has 0 aliphatic heterocycles. The second-order valence-electron chi connectivity index (χ2n) is 5.96. The molecule has 1 atom stereocenters. The van der Waals surface area contributed by atoms with Gasteiger partial charge in [0.15, 0.2) is 0 Å². The molecule has 2 heteroatoms. The first-order valence-electron chi connectivity index (χ1n) is 6.64. The second kappa shape index (κ2) is 8.34. The molecule has 92 valence electrons. The SMILES string of the molecule is CCCCCCCC(O)CC[Si](C)(C)C. The van der Waals surface area contributed by atoms with Crippen LogP contribution >= 0.6 is 0 Å². The minimum Gasteiger partial charge on any atom is -0.393 e. The van der Waals surface area contributed by atoms with E-state index in [-0.39, 0.29) is 6.10 Å². The van der Waals surface area contributed by atoms with Crippen LogP contribution < -0.4 is 0 Å². The molecule has 0 aromatic carbocycles. The Bertz CT molecular complexity index is 140. The van der Waals surface area contributed by atoms with Crippen molar-refractivity contribution >= 4 is 8.07 Å². The van der Waals surface area contributed by atoms with Crippen molar-refractivity contribution in [1.82, 2.24) is 0 Å². The molecular formula is C13H30OSi. The smallest absolute Gasteiger partial charge is 0.0537 e. The van der Waals surface area contributed by atoms with Crippen LogP contribution in [0.15, 0.2) is 0 Å². The van der Waals surface area contributed by atoms with Crippen molar-refractivity contribution in [3.63, 3.8) is 0 Å². The molecule has 15 heavy (non-hydrogen) atoms. The van der Waals surface area contributed by atoms with Gasteiger partial charge in [0.25, 0.3) is 0 Å². The maximum absolute atomic E-state index is 9.79. The zero-order valence-electron chi connectivity index (χ0n) is 11.2. The number of aliphatic hydroxyl groups is 1. The van der Waals surface area contributed by atoms with E-state index >= 15 is 0 Å². The number of hydrogen-bond donors (Lipinski definition) is 1. The first kappa shape index (κ1) is 15.2. The predicted molar refractivity (Wildman–Crippen MR) is 72.2 cm³/mol. The van der Waals surface area contributed by atoms with E-state index < -0.39 is 8.07 Å². The van der Waals surface area contributed by atoms with E-state index in [1.165, 1.54) is 38.1 Å². The largest absolute Gasteiger partial charge is 0.393 e. The molecule has 0 aliphatic rings. The first-order valence-corrected chi connectivity index (χ1v) is 10.3. The van der Waals surface area contributed by atoms with Gasteiger partial charge in [0, 0.05) is 8.07 Å². The van der Waals surface area contributed by atoms with Crippen molar-refractivity contribution in [1.29, 1.82) is 0 Å². The average molecular weight is 230 g/mol. The standard InChI is InChI=1S/C13H30OSi/c1-5-6-7-8-9-10-13(14)11-12-15(2,3)4/h13-14H,5-12H2,1-4H3. The summed E-state index contributed by atoms with van der Waals surface area (Å²) in [5, 5.41) is 9.79. The first-order chi connectivity index (χ1) is 6.95. The molecule has 0 spiro atoms. The highest BCUT2D eigenvalue weighted by Crippen LogP contribution is 2.16. The van der Waals surface area contributed by atoms with Crippen LogP contribution in [-0.4, -0.2) is 19.3 Å². The summed E-state index contributed by atoms with van der Waals surface area (Å²) in [6.45, 7) is 9.37. The third-order valence-electron chi connectivity index (χ3n) is 2.87. The summed E-state index contributed by atoms with van der Waals surface area (Å²) in [7, 11) is -0.940. The van der Waals surface area contributed by atoms with E-state index in [2.05, 4.69) is 26.6 Å². The van der Waals surface area contributed by atoms with Crippen LogP contribution in [0.3, 0.4) is 0 Å². The van der Waals surface area contributed by atoms with E-state index in [4.69, 9.17) is 0 Å². The molecule has 0 heterocycles. The van der Waals surface area contributed by atoms with Gasteiger partial charge in [0.05, 0.1) is 6.10 Å². The number of aliphatic hydroxyl groups excluding tert-OH is 1. The molecule has 1 unspecified atom stereocenters. The van der Waals surface area contributed by atoms with Crippen LogP contribution in [-0.2, 0) is 0 Å². The molecule has 0 saturated heterocycles. The zero-order chi connectivity index (χ0) is 11.7. The zero-order valence-corrected chi connectivity index (χ0v) is 12.2. The Kier molecular flexibility index (Phi) is 8.44. The van der Waals surface area contributed by atoms with Gasteiger partial charge in [0.1, 0.15) is 0 Å². The molecule has 0 aromatic heterocycles. The topological polar surface area (TPSA) is 20.2 Å². The van der Waals surface area contributed by atoms with Crippen molar-refractivity contribution in [2.45, 2.75) is 83.7 Å². The molecule has 0 amide bonds. The van der Waals surface area contributed by atoms with Crippen LogP contribution in [0.5, 0.6) is 0 Å². The summed E-state index contributed by atoms with van der Waals surface area (Å²) >= 11 is 0. The highest BCUT2D eigenvalue weighted by molar-refractivity contribution is 6.76. The lowest BCUT2D eigenvalue weighted by molar-refractivity contribution is 0.156. The average Bonchev–Trinajstić information content (AvgIpc) is 2.13. The van der Waals surface area contributed by atoms with Crippen LogP contribution in [0, 0.1) is 0 Å². The Morgan fingerprint density at radius 2 is 1.53 bits per heavy atom. The lowest BCUT2D eigenvalue weighted by Gasteiger charge is -2.18. The second-order valence-corrected chi connectivity index (χ2v) is 11.6. The molecule has 0 aromatic rings. The van der Waals surface area contributed by atoms with E-state index in [0.29, 0.717) is 0 Å². The number of unbranched alkanes of at least 4 members (excludes halogenated alkanes) is 4. The number of hydrogen-bond acceptors (Lipinski definition) is 1. The summed E-state index contributed by atoms with van der Waals surface area (Å²) in [5.41, 5.74) is 0. The maximum atomic E-state index is 9.79. The van der Waals surface area contributed by atoms with Crippen LogP contribution in [0.2, 0.25) is 25.7 Å². The van der Waals surface area contributed by atoms with Crippen molar-refractivity contribution in [2.75, 3.05) is 0 Å². The van der Waals surface area contributed by atoms with Crippen LogP contribution in [0.25, 0.3) is 0 Å². The maximum Gasteiger partial charge on any atom is 0.0537 e. The molecule has 0 bridgehead atoms. The summed E-state index contributed by atoms with van der Waals surface area (Å²) in [5.74, 6) is 0. The van der Waals surface area contributed by atoms with Gasteiger partial charge in [-0.25, -0.2) is 0 Å². The quantitative estimate of drug-likeness (QED) is 0.459. The fourth-order valence-corrected chi connectivity index (χ4v) is 2.93. The molecule has 0 aliphatic carbocycles. The van der Waals surface area contributed by atoms with Crippen LogP contribution in [0.1, 0.15) is 51.9 Å². The fraction of sp³-hybridized carbons (Fsp3) is 1.00. The van der Waals surface area contributed by atoms with Gasteiger partial charge in [0.2, 0.25) is 0 Å². The molecular weight excluding hydrogens is 200 g/mol. The van der Waals surface area contributed by atoms with Gasteiger partial charge in [-0.2, -0.15) is 0 Å². The fourth-order valence-electron chi connectivity index (χ4n) is 1.73. The Morgan fingerprint density at radius 3 is 2.07 bits per heavy atom. The summed E-state index contributed by atoms with van der Waals surface area (Å²) < 4.78 is 0. The monoisotopic (exact) mass is 230 g/mol.